The molecule has 0 spiro atoms. The molecule has 0 saturated carbocycles. The summed E-state index contributed by atoms with van der Waals surface area (Å²) < 4.78 is 194. The largest absolute Gasteiger partial charge is 1.00 e. The maximum atomic E-state index is 12.7. The Labute approximate surface area is 460 Å². The minimum absolute atomic E-state index is 0. The first kappa shape index (κ1) is 64.3. The number of aromatic hydroxyl groups is 1. The normalized spacial score (nSPS) is 16.7. The molecule has 26 nitrogen and oxygen atoms in total. The van der Waals surface area contributed by atoms with E-state index in [2.05, 4.69) is 34.1 Å². The second-order valence-electron chi connectivity index (χ2n) is 12.3. The number of amides is 1. The SMILES string of the molecule is NC1(N=Nc2ccc(S(=O)(=O)CCOS(=O)(=O)[O-])cc2)C=c2c(O)c(N=Nc3cccc(C(=O)NCCS(=O)(=O)CCOS(=O)(=O)[O-])c3)c(S(=O)(=O)[O-])cc2=CC1S(=O)(=O)[O-].[Na+].[Na+].[Na+].[Na+]. The van der Waals surface area contributed by atoms with Gasteiger partial charge in [0.15, 0.2) is 31.1 Å². The van der Waals surface area contributed by atoms with Gasteiger partial charge in [0.05, 0.1) is 51.6 Å². The Kier molecular flexibility index (Phi) is 25.1. The van der Waals surface area contributed by atoms with Crippen LogP contribution in [0.15, 0.2) is 84.8 Å². The quantitative estimate of drug-likeness (QED) is 0.0434. The van der Waals surface area contributed by atoms with Crippen LogP contribution in [0.2, 0.25) is 0 Å². The Morgan fingerprint density at radius 3 is 1.85 bits per heavy atom. The van der Waals surface area contributed by atoms with E-state index >= 15 is 0 Å². The van der Waals surface area contributed by atoms with E-state index in [1.165, 1.54) is 18.2 Å². The third-order valence-corrected chi connectivity index (χ3v) is 14.1. The molecule has 1 aliphatic rings. The van der Waals surface area contributed by atoms with Gasteiger partial charge in [0.2, 0.25) is 20.8 Å². The van der Waals surface area contributed by atoms with Gasteiger partial charge in [0.25, 0.3) is 5.91 Å². The van der Waals surface area contributed by atoms with Crippen molar-refractivity contribution < 1.29 is 205 Å². The number of carbonyl (C=O) groups excluding carboxylic acids is 1. The molecular formula is C29H28N6Na4O20S6. The van der Waals surface area contributed by atoms with Gasteiger partial charge in [-0.25, -0.2) is 50.5 Å². The molecule has 1 amide bonds. The fourth-order valence-corrected chi connectivity index (χ4v) is 9.45. The van der Waals surface area contributed by atoms with Crippen LogP contribution in [0.25, 0.3) is 12.2 Å². The molecule has 4 rings (SSSR count). The first-order valence-corrected chi connectivity index (χ1v) is 25.2. The van der Waals surface area contributed by atoms with Crippen LogP contribution in [0.1, 0.15) is 10.4 Å². The molecule has 4 N–H and O–H groups in total. The van der Waals surface area contributed by atoms with E-state index in [0.29, 0.717) is 18.2 Å². The third-order valence-electron chi connectivity index (χ3n) is 7.86. The van der Waals surface area contributed by atoms with Crippen molar-refractivity contribution in [1.29, 1.82) is 0 Å². The summed E-state index contributed by atoms with van der Waals surface area (Å²) in [6, 6.07) is 9.34. The fourth-order valence-electron chi connectivity index (χ4n) is 5.09. The van der Waals surface area contributed by atoms with E-state index in [-0.39, 0.29) is 135 Å². The van der Waals surface area contributed by atoms with Crippen molar-refractivity contribution >= 4 is 95.8 Å². The van der Waals surface area contributed by atoms with Gasteiger partial charge < -0.3 is 34.4 Å². The van der Waals surface area contributed by atoms with Crippen molar-refractivity contribution in [3.05, 3.63) is 70.6 Å². The van der Waals surface area contributed by atoms with Crippen molar-refractivity contribution in [2.24, 2.45) is 26.2 Å². The number of phenols is 1. The number of hydrogen-bond donors (Lipinski definition) is 3. The Hall–Kier alpha value is -0.710. The molecule has 334 valence electrons. The van der Waals surface area contributed by atoms with Crippen LogP contribution < -0.4 is 140 Å². The van der Waals surface area contributed by atoms with Crippen LogP contribution in [0.5, 0.6) is 5.75 Å². The summed E-state index contributed by atoms with van der Waals surface area (Å²) in [6.45, 7) is -2.41. The van der Waals surface area contributed by atoms with E-state index in [0.717, 1.165) is 30.3 Å². The van der Waals surface area contributed by atoms with Gasteiger partial charge in [-0.15, -0.1) is 5.11 Å². The molecule has 3 aromatic rings. The van der Waals surface area contributed by atoms with Crippen molar-refractivity contribution in [2.75, 3.05) is 37.0 Å². The zero-order chi connectivity index (χ0) is 45.8. The Morgan fingerprint density at radius 2 is 1.31 bits per heavy atom. The van der Waals surface area contributed by atoms with E-state index in [9.17, 15) is 78.6 Å². The number of benzene rings is 3. The number of hydrogen-bond acceptors (Lipinski definition) is 25. The number of nitrogens with two attached hydrogens (primary N) is 1. The van der Waals surface area contributed by atoms with Gasteiger partial charge in [0.1, 0.15) is 31.2 Å². The molecular weight excluding hydrogens is 1040 g/mol. The van der Waals surface area contributed by atoms with Crippen LogP contribution in [0.4, 0.5) is 17.1 Å². The maximum Gasteiger partial charge on any atom is 1.00 e. The minimum atomic E-state index is -5.56. The van der Waals surface area contributed by atoms with Gasteiger partial charge in [-0.1, -0.05) is 12.1 Å². The van der Waals surface area contributed by atoms with E-state index < -0.39 is 146 Å². The van der Waals surface area contributed by atoms with E-state index in [4.69, 9.17) is 5.73 Å². The topological polar surface area (TPSA) is 440 Å². The molecule has 0 aliphatic heterocycles. The summed E-state index contributed by atoms with van der Waals surface area (Å²) in [4.78, 5) is 11.0. The van der Waals surface area contributed by atoms with Crippen LogP contribution in [0, 0.1) is 0 Å². The number of nitrogens with zero attached hydrogens (tertiary/aromatic N) is 4. The van der Waals surface area contributed by atoms with Crippen molar-refractivity contribution in [1.82, 2.24) is 5.32 Å². The van der Waals surface area contributed by atoms with Gasteiger partial charge in [-0.3, -0.25) is 13.2 Å². The predicted molar refractivity (Wildman–Crippen MR) is 201 cm³/mol. The average molecular weight is 1060 g/mol. The molecule has 2 unspecified atom stereocenters. The molecule has 65 heavy (non-hydrogen) atoms. The van der Waals surface area contributed by atoms with Gasteiger partial charge in [-0.05, 0) is 59.8 Å². The molecule has 0 heterocycles. The summed E-state index contributed by atoms with van der Waals surface area (Å²) >= 11 is 0. The zero-order valence-corrected chi connectivity index (χ0v) is 47.1. The second kappa shape index (κ2) is 25.4. The van der Waals surface area contributed by atoms with Crippen molar-refractivity contribution in [2.45, 2.75) is 20.7 Å². The minimum Gasteiger partial charge on any atom is -0.747 e. The van der Waals surface area contributed by atoms with Gasteiger partial charge in [0, 0.05) is 17.3 Å². The molecule has 0 fully saturated rings. The third kappa shape index (κ3) is 19.5. The number of phenolic OH excluding ortho intramolecular Hbond substituents is 1. The number of carbonyl (C=O) groups is 1. The summed E-state index contributed by atoms with van der Waals surface area (Å²) in [5.41, 5.74) is 1.95. The summed E-state index contributed by atoms with van der Waals surface area (Å²) in [7, 11) is -29.5. The van der Waals surface area contributed by atoms with Crippen LogP contribution in [-0.4, -0.2) is 128 Å². The van der Waals surface area contributed by atoms with Crippen molar-refractivity contribution in [3.63, 3.8) is 0 Å². The second-order valence-corrected chi connectivity index (χ2v) is 21.6. The monoisotopic (exact) mass is 1060 g/mol. The first-order chi connectivity index (χ1) is 27.9. The number of nitrogens with one attached hydrogen (secondary N) is 1. The molecule has 0 bridgehead atoms. The molecule has 1 aliphatic carbocycles. The fraction of sp³-hybridized carbons (Fsp3) is 0.276. The standard InChI is InChI=1S/C29H32N6O20S6.4Na/c30-29(35-33-20-4-6-22(7-5-20)57(40,41)13-10-55-61(51,52)53)17-23-19(16-25(29)59(45,46)47)15-24(58(42,43)44)26(27(23)36)34-32-21-3-1-2-18(14-21)28(37)31-8-11-56(38,39)12-9-54-60(48,49)50;;;;/h1-7,14-17,25,36H,8-13,30H2,(H,31,37)(H,42,43,44)(H,45,46,47)(H,48,49,50)(H,51,52,53);;;;/q;4*+1/p-4. The average Bonchev–Trinajstić information content (AvgIpc) is 3.11. The number of rotatable bonds is 19. The Balaban J connectivity index is 0.0000102. The number of azo groups is 2. The summed E-state index contributed by atoms with van der Waals surface area (Å²) in [5, 5.41) is 25.0. The molecule has 0 radical (unpaired) electrons. The molecule has 2 atom stereocenters. The van der Waals surface area contributed by atoms with Crippen LogP contribution in [-0.2, 0) is 69.1 Å². The molecule has 3 aromatic carbocycles. The van der Waals surface area contributed by atoms with E-state index in [1.54, 1.807) is 0 Å². The molecule has 36 heteroatoms. The number of fused-ring (bicyclic) bond motifs is 1. The van der Waals surface area contributed by atoms with Crippen LogP contribution >= 0.6 is 0 Å². The maximum absolute atomic E-state index is 12.7. The zero-order valence-electron chi connectivity index (χ0n) is 34.2. The predicted octanol–water partition coefficient (Wildman–Crippen LogP) is -14.5. The first-order valence-electron chi connectivity index (χ1n) is 16.2. The van der Waals surface area contributed by atoms with E-state index in [1.807, 2.05) is 0 Å². The Morgan fingerprint density at radius 1 is 0.738 bits per heavy atom. The van der Waals surface area contributed by atoms with Gasteiger partial charge >= 0.3 is 118 Å². The number of sulfone groups is 2. The Bertz CT molecular complexity index is 3110. The van der Waals surface area contributed by atoms with Crippen LogP contribution in [0.3, 0.4) is 0 Å². The van der Waals surface area contributed by atoms with Crippen molar-refractivity contribution in [3.8, 4) is 5.75 Å². The smallest absolute Gasteiger partial charge is 0.747 e. The molecule has 0 saturated heterocycles. The summed E-state index contributed by atoms with van der Waals surface area (Å²) in [6.07, 6.45) is 1.28. The molecule has 0 aromatic heterocycles. The summed E-state index contributed by atoms with van der Waals surface area (Å²) in [5.74, 6) is -4.47. The van der Waals surface area contributed by atoms with Gasteiger partial charge in [-0.2, -0.15) is 15.3 Å².